The van der Waals surface area contributed by atoms with Crippen LogP contribution in [0, 0.1) is 5.41 Å². The van der Waals surface area contributed by atoms with Crippen molar-refractivity contribution < 1.29 is 0 Å². The third-order valence-corrected chi connectivity index (χ3v) is 5.52. The van der Waals surface area contributed by atoms with E-state index in [0.29, 0.717) is 23.4 Å². The van der Waals surface area contributed by atoms with Gasteiger partial charge >= 0.3 is 0 Å². The van der Waals surface area contributed by atoms with E-state index < -0.39 is 0 Å². The Balaban J connectivity index is 1.55. The lowest BCUT2D eigenvalue weighted by molar-refractivity contribution is 0.202. The molecule has 1 nitrogen and oxygen atoms in total. The number of halogens is 1. The monoisotopic (exact) mass is 277 g/mol. The SMILES string of the molecule is CC1(C)CCCC1NC1CC(c2ccccc2Cl)C1. The molecule has 3 rings (SSSR count). The van der Waals surface area contributed by atoms with Gasteiger partial charge in [0.1, 0.15) is 0 Å². The van der Waals surface area contributed by atoms with Gasteiger partial charge in [-0.3, -0.25) is 0 Å². The van der Waals surface area contributed by atoms with E-state index in [2.05, 4.69) is 31.3 Å². The lowest BCUT2D eigenvalue weighted by Gasteiger charge is -2.41. The maximum absolute atomic E-state index is 6.27. The standard InChI is InChI=1S/C17H24ClN/c1-17(2)9-5-8-16(17)19-13-10-12(11-13)14-6-3-4-7-15(14)18/h3-4,6-7,12-13,16,19H,5,8-11H2,1-2H3. The highest BCUT2D eigenvalue weighted by molar-refractivity contribution is 6.31. The van der Waals surface area contributed by atoms with Crippen molar-refractivity contribution in [1.82, 2.24) is 5.32 Å². The molecule has 0 aromatic heterocycles. The lowest BCUT2D eigenvalue weighted by atomic mass is 9.74. The zero-order chi connectivity index (χ0) is 13.5. The van der Waals surface area contributed by atoms with E-state index in [1.165, 1.54) is 37.7 Å². The molecule has 0 radical (unpaired) electrons. The maximum atomic E-state index is 6.27. The molecule has 1 N–H and O–H groups in total. The second-order valence-electron chi connectivity index (χ2n) is 6.99. The van der Waals surface area contributed by atoms with Crippen LogP contribution in [0.3, 0.4) is 0 Å². The van der Waals surface area contributed by atoms with Gasteiger partial charge in [0.05, 0.1) is 0 Å². The Morgan fingerprint density at radius 1 is 1.21 bits per heavy atom. The van der Waals surface area contributed by atoms with Crippen molar-refractivity contribution >= 4 is 11.6 Å². The van der Waals surface area contributed by atoms with Gasteiger partial charge in [-0.1, -0.05) is 50.1 Å². The molecule has 1 atom stereocenters. The molecule has 0 heterocycles. The number of nitrogens with one attached hydrogen (secondary N) is 1. The van der Waals surface area contributed by atoms with Crippen LogP contribution in [-0.2, 0) is 0 Å². The van der Waals surface area contributed by atoms with E-state index in [4.69, 9.17) is 11.6 Å². The van der Waals surface area contributed by atoms with E-state index in [9.17, 15) is 0 Å². The van der Waals surface area contributed by atoms with Crippen LogP contribution >= 0.6 is 11.6 Å². The molecule has 1 unspecified atom stereocenters. The van der Waals surface area contributed by atoms with Gasteiger partial charge in [0, 0.05) is 17.1 Å². The predicted octanol–water partition coefficient (Wildman–Crippen LogP) is 4.75. The minimum absolute atomic E-state index is 0.482. The van der Waals surface area contributed by atoms with Crippen molar-refractivity contribution in [2.24, 2.45) is 5.41 Å². The summed E-state index contributed by atoms with van der Waals surface area (Å²) in [6.45, 7) is 4.81. The molecular weight excluding hydrogens is 254 g/mol. The van der Waals surface area contributed by atoms with E-state index in [-0.39, 0.29) is 0 Å². The number of benzene rings is 1. The summed E-state index contributed by atoms with van der Waals surface area (Å²) in [4.78, 5) is 0. The summed E-state index contributed by atoms with van der Waals surface area (Å²) >= 11 is 6.27. The zero-order valence-corrected chi connectivity index (χ0v) is 12.7. The van der Waals surface area contributed by atoms with Gasteiger partial charge in [0.2, 0.25) is 0 Å². The summed E-state index contributed by atoms with van der Waals surface area (Å²) in [6, 6.07) is 9.72. The topological polar surface area (TPSA) is 12.0 Å². The van der Waals surface area contributed by atoms with Crippen LogP contribution in [0.4, 0.5) is 0 Å². The summed E-state index contributed by atoms with van der Waals surface area (Å²) in [5, 5.41) is 4.82. The Morgan fingerprint density at radius 3 is 2.58 bits per heavy atom. The van der Waals surface area contributed by atoms with Crippen molar-refractivity contribution in [3.05, 3.63) is 34.9 Å². The Bertz CT molecular complexity index is 448. The first-order valence-corrected chi connectivity index (χ1v) is 7.94. The van der Waals surface area contributed by atoms with Crippen molar-refractivity contribution in [2.75, 3.05) is 0 Å². The summed E-state index contributed by atoms with van der Waals surface area (Å²) in [7, 11) is 0. The van der Waals surface area contributed by atoms with Crippen molar-refractivity contribution in [3.63, 3.8) is 0 Å². The highest BCUT2D eigenvalue weighted by atomic mass is 35.5. The molecule has 2 saturated carbocycles. The Hall–Kier alpha value is -0.530. The highest BCUT2D eigenvalue weighted by Crippen LogP contribution is 2.43. The fourth-order valence-electron chi connectivity index (χ4n) is 3.73. The normalized spacial score (nSPS) is 33.1. The van der Waals surface area contributed by atoms with Gasteiger partial charge in [-0.05, 0) is 48.6 Å². The van der Waals surface area contributed by atoms with Crippen molar-refractivity contribution in [2.45, 2.75) is 64.0 Å². The Labute approximate surface area is 121 Å². The molecule has 1 aromatic carbocycles. The molecule has 0 spiro atoms. The predicted molar refractivity (Wildman–Crippen MR) is 81.8 cm³/mol. The molecule has 104 valence electrons. The first-order chi connectivity index (χ1) is 9.06. The summed E-state index contributed by atoms with van der Waals surface area (Å²) < 4.78 is 0. The molecule has 1 aromatic rings. The zero-order valence-electron chi connectivity index (χ0n) is 12.0. The lowest BCUT2D eigenvalue weighted by Crippen LogP contribution is -2.49. The molecule has 2 aliphatic carbocycles. The van der Waals surface area contributed by atoms with E-state index in [0.717, 1.165) is 5.02 Å². The van der Waals surface area contributed by atoms with Crippen molar-refractivity contribution in [3.8, 4) is 0 Å². The maximum Gasteiger partial charge on any atom is 0.0440 e. The summed E-state index contributed by atoms with van der Waals surface area (Å²) in [6.07, 6.45) is 6.59. The van der Waals surface area contributed by atoms with E-state index >= 15 is 0 Å². The number of rotatable bonds is 3. The van der Waals surface area contributed by atoms with Crippen molar-refractivity contribution in [1.29, 1.82) is 0 Å². The minimum atomic E-state index is 0.482. The average Bonchev–Trinajstić information content (AvgIpc) is 2.64. The molecule has 2 fully saturated rings. The molecule has 2 heteroatoms. The third kappa shape index (κ3) is 2.68. The molecular formula is C17H24ClN. The van der Waals surface area contributed by atoms with Gasteiger partial charge in [-0.25, -0.2) is 0 Å². The summed E-state index contributed by atoms with van der Waals surface area (Å²) in [5.74, 6) is 0.663. The molecule has 0 amide bonds. The molecule has 2 aliphatic rings. The Kier molecular flexibility index (Phi) is 3.61. The van der Waals surface area contributed by atoms with E-state index in [1.807, 2.05) is 12.1 Å². The van der Waals surface area contributed by atoms with Crippen LogP contribution < -0.4 is 5.32 Å². The second-order valence-corrected chi connectivity index (χ2v) is 7.39. The van der Waals surface area contributed by atoms with Crippen LogP contribution in [0.25, 0.3) is 0 Å². The molecule has 19 heavy (non-hydrogen) atoms. The second kappa shape index (κ2) is 5.10. The minimum Gasteiger partial charge on any atom is -0.311 e. The third-order valence-electron chi connectivity index (χ3n) is 5.18. The molecule has 0 bridgehead atoms. The molecule has 0 saturated heterocycles. The van der Waals surface area contributed by atoms with Gasteiger partial charge in [0.15, 0.2) is 0 Å². The Morgan fingerprint density at radius 2 is 1.95 bits per heavy atom. The average molecular weight is 278 g/mol. The van der Waals surface area contributed by atoms with Gasteiger partial charge in [-0.15, -0.1) is 0 Å². The van der Waals surface area contributed by atoms with Crippen LogP contribution in [0.5, 0.6) is 0 Å². The fraction of sp³-hybridized carbons (Fsp3) is 0.647. The van der Waals surface area contributed by atoms with Gasteiger partial charge in [0.25, 0.3) is 0 Å². The number of hydrogen-bond donors (Lipinski definition) is 1. The first-order valence-electron chi connectivity index (χ1n) is 7.57. The summed E-state index contributed by atoms with van der Waals surface area (Å²) in [5.41, 5.74) is 1.82. The molecule has 0 aliphatic heterocycles. The van der Waals surface area contributed by atoms with Crippen LogP contribution in [-0.4, -0.2) is 12.1 Å². The van der Waals surface area contributed by atoms with Crippen LogP contribution in [0.2, 0.25) is 5.02 Å². The van der Waals surface area contributed by atoms with Crippen LogP contribution in [0.1, 0.15) is 57.4 Å². The highest BCUT2D eigenvalue weighted by Gasteiger charge is 2.39. The fourth-order valence-corrected chi connectivity index (χ4v) is 4.02. The largest absolute Gasteiger partial charge is 0.311 e. The van der Waals surface area contributed by atoms with Gasteiger partial charge in [-0.2, -0.15) is 0 Å². The quantitative estimate of drug-likeness (QED) is 0.840. The van der Waals surface area contributed by atoms with Gasteiger partial charge < -0.3 is 5.32 Å². The van der Waals surface area contributed by atoms with Crippen LogP contribution in [0.15, 0.2) is 24.3 Å². The smallest absolute Gasteiger partial charge is 0.0440 e. The number of hydrogen-bond acceptors (Lipinski definition) is 1. The first kappa shape index (κ1) is 13.5. The van der Waals surface area contributed by atoms with E-state index in [1.54, 1.807) is 0 Å².